The Bertz CT molecular complexity index is 676. The molecule has 2 aromatic rings. The number of thiophene rings is 1. The second-order valence-electron chi connectivity index (χ2n) is 4.99. The highest BCUT2D eigenvalue weighted by molar-refractivity contribution is 7.17. The molecule has 1 aromatic heterocycles. The van der Waals surface area contributed by atoms with Crippen LogP contribution in [0, 0.1) is 0 Å². The van der Waals surface area contributed by atoms with E-state index < -0.39 is 11.9 Å². The second-order valence-corrected chi connectivity index (χ2v) is 6.04. The van der Waals surface area contributed by atoms with E-state index in [1.165, 1.54) is 18.4 Å². The number of ether oxygens (including phenoxy) is 3. The molecule has 0 bridgehead atoms. The van der Waals surface area contributed by atoms with Crippen LogP contribution in [0.1, 0.15) is 37.4 Å². The number of methoxy groups -OCH3 is 1. The summed E-state index contributed by atoms with van der Waals surface area (Å²) in [6.07, 6.45) is -0.214. The van der Waals surface area contributed by atoms with Gasteiger partial charge in [-0.1, -0.05) is 44.2 Å². The van der Waals surface area contributed by atoms with Gasteiger partial charge >= 0.3 is 11.9 Å². The van der Waals surface area contributed by atoms with E-state index in [4.69, 9.17) is 14.2 Å². The third-order valence-electron chi connectivity index (χ3n) is 2.84. The zero-order valence-corrected chi connectivity index (χ0v) is 16.0. The van der Waals surface area contributed by atoms with Crippen molar-refractivity contribution in [3.63, 3.8) is 0 Å². The first-order chi connectivity index (χ1) is 12.0. The van der Waals surface area contributed by atoms with E-state index in [0.29, 0.717) is 10.6 Å². The van der Waals surface area contributed by atoms with Crippen LogP contribution in [0.15, 0.2) is 36.4 Å². The van der Waals surface area contributed by atoms with Gasteiger partial charge in [-0.3, -0.25) is 0 Å². The van der Waals surface area contributed by atoms with E-state index in [-0.39, 0.29) is 12.7 Å². The summed E-state index contributed by atoms with van der Waals surface area (Å²) in [4.78, 5) is 24.7. The molecule has 0 N–H and O–H groups in total. The quantitative estimate of drug-likeness (QED) is 0.703. The zero-order valence-electron chi connectivity index (χ0n) is 15.2. The molecular formula is C19H24O5S. The molecule has 1 heterocycles. The minimum Gasteiger partial charge on any atom is -0.480 e. The van der Waals surface area contributed by atoms with Crippen LogP contribution in [0.2, 0.25) is 0 Å². The molecule has 0 fully saturated rings. The SMILES string of the molecule is CC.COC(=O)c1sc(-c2ccccc2)cc1OCC(=O)OC(C)C. The summed E-state index contributed by atoms with van der Waals surface area (Å²) in [5, 5.41) is 0. The first kappa shape index (κ1) is 20.7. The molecule has 2 rings (SSSR count). The lowest BCUT2D eigenvalue weighted by atomic mass is 10.2. The molecule has 0 amide bonds. The fraction of sp³-hybridized carbons (Fsp3) is 0.368. The van der Waals surface area contributed by atoms with Gasteiger partial charge in [0, 0.05) is 4.88 Å². The average Bonchev–Trinajstić information content (AvgIpc) is 3.05. The number of benzene rings is 1. The number of hydrogen-bond acceptors (Lipinski definition) is 6. The van der Waals surface area contributed by atoms with Gasteiger partial charge in [0.25, 0.3) is 0 Å². The molecule has 0 atom stereocenters. The average molecular weight is 364 g/mol. The molecule has 5 nitrogen and oxygen atoms in total. The minimum atomic E-state index is -0.496. The fourth-order valence-electron chi connectivity index (χ4n) is 1.89. The normalized spacial score (nSPS) is 9.84. The van der Waals surface area contributed by atoms with Crippen LogP contribution in [-0.2, 0) is 14.3 Å². The molecule has 25 heavy (non-hydrogen) atoms. The summed E-state index contributed by atoms with van der Waals surface area (Å²) < 4.78 is 15.2. The lowest BCUT2D eigenvalue weighted by Crippen LogP contribution is -2.19. The van der Waals surface area contributed by atoms with Crippen LogP contribution >= 0.6 is 11.3 Å². The van der Waals surface area contributed by atoms with Crippen LogP contribution in [0.3, 0.4) is 0 Å². The van der Waals surface area contributed by atoms with Gasteiger partial charge < -0.3 is 14.2 Å². The lowest BCUT2D eigenvalue weighted by Gasteiger charge is -2.09. The fourth-order valence-corrected chi connectivity index (χ4v) is 2.92. The van der Waals surface area contributed by atoms with Crippen molar-refractivity contribution in [2.24, 2.45) is 0 Å². The van der Waals surface area contributed by atoms with Crippen LogP contribution < -0.4 is 4.74 Å². The molecule has 0 aliphatic carbocycles. The van der Waals surface area contributed by atoms with E-state index in [0.717, 1.165) is 10.4 Å². The maximum Gasteiger partial charge on any atom is 0.351 e. The Balaban J connectivity index is 0.00000151. The number of hydrogen-bond donors (Lipinski definition) is 0. The van der Waals surface area contributed by atoms with E-state index >= 15 is 0 Å². The van der Waals surface area contributed by atoms with Gasteiger partial charge in [0.05, 0.1) is 13.2 Å². The van der Waals surface area contributed by atoms with Crippen LogP contribution in [0.4, 0.5) is 0 Å². The van der Waals surface area contributed by atoms with Crippen molar-refractivity contribution < 1.29 is 23.8 Å². The largest absolute Gasteiger partial charge is 0.480 e. The number of esters is 2. The summed E-state index contributed by atoms with van der Waals surface area (Å²) in [5.41, 5.74) is 0.960. The van der Waals surface area contributed by atoms with Crippen molar-refractivity contribution in [3.8, 4) is 16.2 Å². The standard InChI is InChI=1S/C17H18O5S.C2H6/c1-11(2)22-15(18)10-21-13-9-14(12-7-5-4-6-8-12)23-16(13)17(19)20-3;1-2/h4-9,11H,10H2,1-3H3;1-2H3. The van der Waals surface area contributed by atoms with Crippen molar-refractivity contribution in [1.82, 2.24) is 0 Å². The van der Waals surface area contributed by atoms with Gasteiger partial charge in [0.1, 0.15) is 5.75 Å². The van der Waals surface area contributed by atoms with Gasteiger partial charge in [0.15, 0.2) is 11.5 Å². The third-order valence-corrected chi connectivity index (χ3v) is 3.99. The first-order valence-corrected chi connectivity index (χ1v) is 8.92. The predicted molar refractivity (Wildman–Crippen MR) is 99.2 cm³/mol. The van der Waals surface area contributed by atoms with E-state index in [1.54, 1.807) is 19.9 Å². The number of rotatable bonds is 6. The maximum absolute atomic E-state index is 11.9. The van der Waals surface area contributed by atoms with Crippen molar-refractivity contribution in [1.29, 1.82) is 0 Å². The first-order valence-electron chi connectivity index (χ1n) is 8.11. The Morgan fingerprint density at radius 3 is 2.32 bits per heavy atom. The molecule has 1 aromatic carbocycles. The summed E-state index contributed by atoms with van der Waals surface area (Å²) in [7, 11) is 1.31. The zero-order chi connectivity index (χ0) is 18.8. The Hall–Kier alpha value is -2.34. The van der Waals surface area contributed by atoms with Crippen molar-refractivity contribution in [2.45, 2.75) is 33.8 Å². The van der Waals surface area contributed by atoms with Crippen LogP contribution in [0.25, 0.3) is 10.4 Å². The Morgan fingerprint density at radius 1 is 1.12 bits per heavy atom. The van der Waals surface area contributed by atoms with E-state index in [1.807, 2.05) is 44.2 Å². The molecule has 0 unspecified atom stereocenters. The second kappa shape index (κ2) is 10.5. The number of carbonyl (C=O) groups is 2. The third kappa shape index (κ3) is 6.23. The maximum atomic E-state index is 11.9. The van der Waals surface area contributed by atoms with Gasteiger partial charge in [-0.15, -0.1) is 11.3 Å². The van der Waals surface area contributed by atoms with E-state index in [9.17, 15) is 9.59 Å². The Kier molecular flexibility index (Phi) is 8.70. The van der Waals surface area contributed by atoms with Crippen molar-refractivity contribution >= 4 is 23.3 Å². The summed E-state index contributed by atoms with van der Waals surface area (Å²) in [6, 6.07) is 11.3. The van der Waals surface area contributed by atoms with Gasteiger partial charge in [-0.25, -0.2) is 9.59 Å². The minimum absolute atomic E-state index is 0.214. The Morgan fingerprint density at radius 2 is 1.76 bits per heavy atom. The highest BCUT2D eigenvalue weighted by Gasteiger charge is 2.20. The van der Waals surface area contributed by atoms with Crippen molar-refractivity contribution in [2.75, 3.05) is 13.7 Å². The summed E-state index contributed by atoms with van der Waals surface area (Å²) >= 11 is 1.26. The number of carbonyl (C=O) groups excluding carboxylic acids is 2. The molecule has 0 aliphatic rings. The molecule has 0 radical (unpaired) electrons. The highest BCUT2D eigenvalue weighted by Crippen LogP contribution is 2.36. The molecular weight excluding hydrogens is 340 g/mol. The smallest absolute Gasteiger partial charge is 0.351 e. The van der Waals surface area contributed by atoms with Gasteiger partial charge in [-0.2, -0.15) is 0 Å². The molecule has 0 saturated carbocycles. The lowest BCUT2D eigenvalue weighted by molar-refractivity contribution is -0.149. The van der Waals surface area contributed by atoms with Gasteiger partial charge in [-0.05, 0) is 25.5 Å². The molecule has 0 spiro atoms. The van der Waals surface area contributed by atoms with Gasteiger partial charge in [0.2, 0.25) is 0 Å². The Labute approximate surface area is 152 Å². The topological polar surface area (TPSA) is 61.8 Å². The highest BCUT2D eigenvalue weighted by atomic mass is 32.1. The predicted octanol–water partition coefficient (Wildman–Crippen LogP) is 4.56. The molecule has 0 saturated heterocycles. The molecule has 136 valence electrons. The summed E-state index contributed by atoms with van der Waals surface area (Å²) in [5.74, 6) is -0.658. The van der Waals surface area contributed by atoms with Crippen LogP contribution in [-0.4, -0.2) is 31.8 Å². The van der Waals surface area contributed by atoms with Crippen molar-refractivity contribution in [3.05, 3.63) is 41.3 Å². The molecule has 0 aliphatic heterocycles. The summed E-state index contributed by atoms with van der Waals surface area (Å²) in [6.45, 7) is 7.26. The van der Waals surface area contributed by atoms with Crippen LogP contribution in [0.5, 0.6) is 5.75 Å². The van der Waals surface area contributed by atoms with E-state index in [2.05, 4.69) is 0 Å². The monoisotopic (exact) mass is 364 g/mol. The molecule has 6 heteroatoms.